The van der Waals surface area contributed by atoms with Gasteiger partial charge in [0.2, 0.25) is 0 Å². The minimum Gasteiger partial charge on any atom is -0.115 e. The van der Waals surface area contributed by atoms with E-state index in [4.69, 9.17) is 6.42 Å². The maximum atomic E-state index is 5.23. The van der Waals surface area contributed by atoms with Gasteiger partial charge in [-0.25, -0.2) is 0 Å². The van der Waals surface area contributed by atoms with Crippen molar-refractivity contribution in [3.8, 4) is 12.3 Å². The van der Waals surface area contributed by atoms with Crippen LogP contribution in [-0.2, 0) is 0 Å². The molecule has 0 amide bonds. The van der Waals surface area contributed by atoms with Gasteiger partial charge >= 0.3 is 0 Å². The first-order chi connectivity index (χ1) is 6.65. The van der Waals surface area contributed by atoms with Gasteiger partial charge in [0.25, 0.3) is 0 Å². The fourth-order valence-corrected chi connectivity index (χ4v) is 0.964. The van der Waals surface area contributed by atoms with Gasteiger partial charge in [0.1, 0.15) is 0 Å². The van der Waals surface area contributed by atoms with E-state index in [-0.39, 0.29) is 0 Å². The average Bonchev–Trinajstić information content (AvgIpc) is 2.19. The zero-order chi connectivity index (χ0) is 11.0. The largest absolute Gasteiger partial charge is 0.115 e. The molecular formula is C14H18. The van der Waals surface area contributed by atoms with E-state index < -0.39 is 0 Å². The highest BCUT2D eigenvalue weighted by Gasteiger charge is 1.96. The zero-order valence-electron chi connectivity index (χ0n) is 9.25. The predicted molar refractivity (Wildman–Crippen MR) is 64.3 cm³/mol. The predicted octanol–water partition coefficient (Wildman–Crippen LogP) is 3.98. The summed E-state index contributed by atoms with van der Waals surface area (Å²) in [6.07, 6.45) is 6.98. The van der Waals surface area contributed by atoms with E-state index in [0.29, 0.717) is 5.92 Å². The molecule has 0 heterocycles. The Morgan fingerprint density at radius 3 is 2.00 bits per heavy atom. The fraction of sp³-hybridized carbons (Fsp3) is 0.286. The van der Waals surface area contributed by atoms with Crippen LogP contribution in [0.2, 0.25) is 0 Å². The van der Waals surface area contributed by atoms with Crippen molar-refractivity contribution < 1.29 is 0 Å². The second-order valence-corrected chi connectivity index (χ2v) is 3.33. The molecule has 1 aromatic rings. The van der Waals surface area contributed by atoms with Crippen molar-refractivity contribution in [3.63, 3.8) is 0 Å². The summed E-state index contributed by atoms with van der Waals surface area (Å²) >= 11 is 0. The molecule has 0 fully saturated rings. The lowest BCUT2D eigenvalue weighted by Gasteiger charge is -2.03. The Bertz CT molecular complexity index is 296. The van der Waals surface area contributed by atoms with Gasteiger partial charge in [-0.05, 0) is 30.5 Å². The summed E-state index contributed by atoms with van der Waals surface area (Å²) in [5.74, 6) is 3.18. The molecule has 0 saturated carbocycles. The number of allylic oxidation sites excluding steroid dienone is 1. The Morgan fingerprint density at radius 2 is 1.71 bits per heavy atom. The van der Waals surface area contributed by atoms with Crippen molar-refractivity contribution in [3.05, 3.63) is 48.0 Å². The zero-order valence-corrected chi connectivity index (χ0v) is 9.25. The average molecular weight is 186 g/mol. The smallest absolute Gasteiger partial charge is 0.0242 e. The number of benzene rings is 1. The summed E-state index contributed by atoms with van der Waals surface area (Å²) < 4.78 is 0. The van der Waals surface area contributed by atoms with Crippen LogP contribution in [0.3, 0.4) is 0 Å². The molecule has 0 aliphatic heterocycles. The molecule has 0 aromatic heterocycles. The molecule has 14 heavy (non-hydrogen) atoms. The monoisotopic (exact) mass is 186 g/mol. The van der Waals surface area contributed by atoms with Crippen molar-refractivity contribution in [2.24, 2.45) is 0 Å². The van der Waals surface area contributed by atoms with Gasteiger partial charge in [-0.2, -0.15) is 0 Å². The second-order valence-electron chi connectivity index (χ2n) is 3.33. The van der Waals surface area contributed by atoms with E-state index >= 15 is 0 Å². The molecule has 0 nitrogen and oxygen atoms in total. The highest BCUT2D eigenvalue weighted by atomic mass is 14.0. The maximum Gasteiger partial charge on any atom is 0.0242 e. The van der Waals surface area contributed by atoms with E-state index in [2.05, 4.69) is 38.5 Å². The van der Waals surface area contributed by atoms with Crippen molar-refractivity contribution in [1.29, 1.82) is 0 Å². The summed E-state index contributed by atoms with van der Waals surface area (Å²) in [7, 11) is 0. The molecule has 1 aromatic carbocycles. The Labute approximate surface area is 87.7 Å². The van der Waals surface area contributed by atoms with Crippen LogP contribution in [0, 0.1) is 12.3 Å². The van der Waals surface area contributed by atoms with Crippen LogP contribution in [0.25, 0.3) is 0 Å². The second kappa shape index (κ2) is 6.97. The van der Waals surface area contributed by atoms with Crippen LogP contribution < -0.4 is 0 Å². The molecule has 0 heteroatoms. The van der Waals surface area contributed by atoms with Crippen LogP contribution in [0.1, 0.15) is 37.8 Å². The molecule has 0 saturated heterocycles. The lowest BCUT2D eigenvalue weighted by molar-refractivity contribution is 0.866. The minimum absolute atomic E-state index is 0.585. The maximum absolute atomic E-state index is 5.23. The van der Waals surface area contributed by atoms with E-state index in [1.807, 2.05) is 19.1 Å². The number of hydrogen-bond donors (Lipinski definition) is 0. The summed E-state index contributed by atoms with van der Waals surface area (Å²) in [5.41, 5.74) is 2.29. The molecule has 0 spiro atoms. The first kappa shape index (κ1) is 12.5. The van der Waals surface area contributed by atoms with Crippen LogP contribution in [-0.4, -0.2) is 0 Å². The Kier molecular flexibility index (Phi) is 6.24. The van der Waals surface area contributed by atoms with Gasteiger partial charge in [-0.1, -0.05) is 38.0 Å². The topological polar surface area (TPSA) is 0 Å². The Morgan fingerprint density at radius 1 is 1.29 bits per heavy atom. The standard InChI is InChI=1S/C11H12.C3H6/c1-4-10-5-7-11(8-6-10)9(2)3;1-3-2/h1,5-9H,2-3H3;3H,1H2,2H3. The molecule has 1 rings (SSSR count). The van der Waals surface area contributed by atoms with Gasteiger partial charge in [0, 0.05) is 5.56 Å². The molecule has 0 atom stereocenters. The third-order valence-electron chi connectivity index (χ3n) is 1.74. The van der Waals surface area contributed by atoms with Gasteiger partial charge < -0.3 is 0 Å². The third-order valence-corrected chi connectivity index (χ3v) is 1.74. The van der Waals surface area contributed by atoms with Crippen LogP contribution in [0.5, 0.6) is 0 Å². The molecule has 0 bridgehead atoms. The van der Waals surface area contributed by atoms with Crippen LogP contribution in [0.4, 0.5) is 0 Å². The SMILES string of the molecule is C#Cc1ccc(C(C)C)cc1.C=CC. The number of hydrogen-bond acceptors (Lipinski definition) is 0. The summed E-state index contributed by atoms with van der Waals surface area (Å²) in [6.45, 7) is 9.59. The normalized spacial score (nSPS) is 8.50. The first-order valence-electron chi connectivity index (χ1n) is 4.79. The molecule has 0 unspecified atom stereocenters. The highest BCUT2D eigenvalue weighted by Crippen LogP contribution is 2.13. The molecule has 0 aliphatic carbocycles. The lowest BCUT2D eigenvalue weighted by Crippen LogP contribution is -1.85. The summed E-state index contributed by atoms with van der Waals surface area (Å²) in [5, 5.41) is 0. The van der Waals surface area contributed by atoms with Gasteiger partial charge in [0.05, 0.1) is 0 Å². The van der Waals surface area contributed by atoms with Gasteiger partial charge in [-0.15, -0.1) is 13.0 Å². The molecule has 0 aliphatic rings. The minimum atomic E-state index is 0.585. The van der Waals surface area contributed by atoms with E-state index in [0.717, 1.165) is 5.56 Å². The van der Waals surface area contributed by atoms with Crippen LogP contribution in [0.15, 0.2) is 36.9 Å². The molecule has 0 N–H and O–H groups in total. The van der Waals surface area contributed by atoms with E-state index in [9.17, 15) is 0 Å². The van der Waals surface area contributed by atoms with Crippen molar-refractivity contribution >= 4 is 0 Å². The van der Waals surface area contributed by atoms with Crippen molar-refractivity contribution in [2.75, 3.05) is 0 Å². The number of terminal acetylenes is 1. The molecule has 0 radical (unpaired) electrons. The first-order valence-corrected chi connectivity index (χ1v) is 4.79. The van der Waals surface area contributed by atoms with Crippen molar-refractivity contribution in [2.45, 2.75) is 26.7 Å². The third kappa shape index (κ3) is 4.52. The lowest BCUT2D eigenvalue weighted by atomic mass is 10.0. The molecular weight excluding hydrogens is 168 g/mol. The molecule has 74 valence electrons. The summed E-state index contributed by atoms with van der Waals surface area (Å²) in [4.78, 5) is 0. The quantitative estimate of drug-likeness (QED) is 0.459. The van der Waals surface area contributed by atoms with Gasteiger partial charge in [-0.3, -0.25) is 0 Å². The fourth-order valence-electron chi connectivity index (χ4n) is 0.964. The Hall–Kier alpha value is -1.48. The summed E-state index contributed by atoms with van der Waals surface area (Å²) in [6, 6.07) is 8.13. The van der Waals surface area contributed by atoms with Crippen molar-refractivity contribution in [1.82, 2.24) is 0 Å². The number of rotatable bonds is 1. The Balaban J connectivity index is 0.000000500. The van der Waals surface area contributed by atoms with Gasteiger partial charge in [0.15, 0.2) is 0 Å². The van der Waals surface area contributed by atoms with E-state index in [1.54, 1.807) is 6.08 Å². The van der Waals surface area contributed by atoms with Crippen LogP contribution >= 0.6 is 0 Å². The van der Waals surface area contributed by atoms with E-state index in [1.165, 1.54) is 5.56 Å². The highest BCUT2D eigenvalue weighted by molar-refractivity contribution is 5.34.